The number of hydrogen-bond donors (Lipinski definition) is 0. The number of esters is 1. The molecule has 0 atom stereocenters. The van der Waals surface area contributed by atoms with Gasteiger partial charge in [-0.15, -0.1) is 11.3 Å². The van der Waals surface area contributed by atoms with Gasteiger partial charge in [0.05, 0.1) is 12.0 Å². The van der Waals surface area contributed by atoms with E-state index in [1.807, 2.05) is 18.2 Å². The fourth-order valence-corrected chi connectivity index (χ4v) is 2.84. The van der Waals surface area contributed by atoms with E-state index in [1.165, 1.54) is 14.0 Å². The van der Waals surface area contributed by atoms with Crippen LogP contribution in [0.5, 0.6) is 11.5 Å². The van der Waals surface area contributed by atoms with Crippen molar-refractivity contribution in [2.45, 2.75) is 13.8 Å². The van der Waals surface area contributed by atoms with Crippen molar-refractivity contribution in [3.05, 3.63) is 45.6 Å². The predicted octanol–water partition coefficient (Wildman–Crippen LogP) is 3.84. The zero-order chi connectivity index (χ0) is 14.7. The summed E-state index contributed by atoms with van der Waals surface area (Å²) in [5.74, 6) is 0.393. The van der Waals surface area contributed by atoms with Gasteiger partial charge in [-0.3, -0.25) is 4.79 Å². The van der Waals surface area contributed by atoms with Crippen molar-refractivity contribution >= 4 is 23.1 Å². The molecule has 1 aromatic carbocycles. The molecule has 1 heterocycles. The van der Waals surface area contributed by atoms with Crippen LogP contribution in [0.1, 0.15) is 31.8 Å². The van der Waals surface area contributed by atoms with E-state index in [4.69, 9.17) is 9.47 Å². The molecule has 0 aliphatic heterocycles. The van der Waals surface area contributed by atoms with Gasteiger partial charge in [-0.05, 0) is 26.0 Å². The summed E-state index contributed by atoms with van der Waals surface area (Å²) in [4.78, 5) is 24.2. The third kappa shape index (κ3) is 2.72. The number of carbonyl (C=O) groups excluding carboxylic acids is 2. The van der Waals surface area contributed by atoms with Crippen LogP contribution >= 0.6 is 11.3 Å². The van der Waals surface area contributed by atoms with Crippen molar-refractivity contribution in [3.63, 3.8) is 0 Å². The Morgan fingerprint density at radius 1 is 1.10 bits per heavy atom. The maximum Gasteiger partial charge on any atom is 0.351 e. The lowest BCUT2D eigenvalue weighted by Gasteiger charge is -2.07. The fourth-order valence-electron chi connectivity index (χ4n) is 1.79. The number of para-hydroxylation sites is 1. The van der Waals surface area contributed by atoms with Crippen LogP contribution in [0.2, 0.25) is 0 Å². The van der Waals surface area contributed by atoms with Gasteiger partial charge in [0.15, 0.2) is 16.4 Å². The van der Waals surface area contributed by atoms with E-state index in [-0.39, 0.29) is 5.78 Å². The van der Waals surface area contributed by atoms with E-state index in [1.54, 1.807) is 19.1 Å². The Balaban J connectivity index is 2.49. The Morgan fingerprint density at radius 3 is 2.30 bits per heavy atom. The van der Waals surface area contributed by atoms with E-state index in [9.17, 15) is 9.59 Å². The van der Waals surface area contributed by atoms with Gasteiger partial charge >= 0.3 is 5.97 Å². The van der Waals surface area contributed by atoms with Gasteiger partial charge in [0, 0.05) is 5.56 Å². The Bertz CT molecular complexity index is 643. The van der Waals surface area contributed by atoms with Crippen molar-refractivity contribution in [1.29, 1.82) is 0 Å². The third-order valence-electron chi connectivity index (χ3n) is 2.75. The van der Waals surface area contributed by atoms with Gasteiger partial charge in [-0.25, -0.2) is 4.79 Å². The molecule has 5 heteroatoms. The molecule has 0 spiro atoms. The van der Waals surface area contributed by atoms with Gasteiger partial charge in [0.2, 0.25) is 0 Å². The zero-order valence-electron chi connectivity index (χ0n) is 11.4. The van der Waals surface area contributed by atoms with Crippen LogP contribution < -0.4 is 4.74 Å². The zero-order valence-corrected chi connectivity index (χ0v) is 12.2. The number of rotatable bonds is 4. The Labute approximate surface area is 121 Å². The van der Waals surface area contributed by atoms with Crippen molar-refractivity contribution in [1.82, 2.24) is 0 Å². The highest BCUT2D eigenvalue weighted by Crippen LogP contribution is 2.38. The molecule has 0 bridgehead atoms. The molecule has 0 unspecified atom stereocenters. The third-order valence-corrected chi connectivity index (χ3v) is 4.10. The van der Waals surface area contributed by atoms with Crippen LogP contribution in [-0.4, -0.2) is 18.9 Å². The van der Waals surface area contributed by atoms with Gasteiger partial charge in [0.1, 0.15) is 5.75 Å². The molecule has 0 fully saturated rings. The van der Waals surface area contributed by atoms with E-state index >= 15 is 0 Å². The molecule has 0 saturated heterocycles. The summed E-state index contributed by atoms with van der Waals surface area (Å²) < 4.78 is 10.5. The van der Waals surface area contributed by atoms with Gasteiger partial charge in [-0.1, -0.05) is 18.2 Å². The second kappa shape index (κ2) is 5.88. The first-order chi connectivity index (χ1) is 9.54. The van der Waals surface area contributed by atoms with Gasteiger partial charge in [0.25, 0.3) is 0 Å². The van der Waals surface area contributed by atoms with Crippen LogP contribution in [0.15, 0.2) is 30.3 Å². The Morgan fingerprint density at radius 2 is 1.75 bits per heavy atom. The monoisotopic (exact) mass is 290 g/mol. The second-order valence-electron chi connectivity index (χ2n) is 4.18. The van der Waals surface area contributed by atoms with E-state index in [0.717, 1.165) is 11.3 Å². The summed E-state index contributed by atoms with van der Waals surface area (Å²) in [5.41, 5.74) is 0.659. The maximum absolute atomic E-state index is 11.8. The number of methoxy groups -OCH3 is 1. The number of hydrogen-bond acceptors (Lipinski definition) is 5. The van der Waals surface area contributed by atoms with Crippen molar-refractivity contribution in [3.8, 4) is 11.5 Å². The van der Waals surface area contributed by atoms with Crippen molar-refractivity contribution in [2.75, 3.05) is 7.11 Å². The molecule has 104 valence electrons. The molecule has 0 amide bonds. The van der Waals surface area contributed by atoms with Crippen LogP contribution in [0.25, 0.3) is 0 Å². The smallest absolute Gasteiger partial charge is 0.351 e. The SMILES string of the molecule is COC(=O)c1sc(C(C)=O)c(C)c1Oc1ccccc1. The summed E-state index contributed by atoms with van der Waals surface area (Å²) >= 11 is 1.10. The Kier molecular flexibility index (Phi) is 4.20. The normalized spacial score (nSPS) is 10.2. The number of thiophene rings is 1. The molecule has 20 heavy (non-hydrogen) atoms. The van der Waals surface area contributed by atoms with E-state index in [2.05, 4.69) is 0 Å². The maximum atomic E-state index is 11.8. The topological polar surface area (TPSA) is 52.6 Å². The number of ether oxygens (including phenoxy) is 2. The summed E-state index contributed by atoms with van der Waals surface area (Å²) in [6, 6.07) is 9.11. The quantitative estimate of drug-likeness (QED) is 0.634. The lowest BCUT2D eigenvalue weighted by molar-refractivity contribution is 0.0603. The molecule has 0 N–H and O–H groups in total. The first-order valence-corrected chi connectivity index (χ1v) is 6.81. The largest absolute Gasteiger partial charge is 0.465 e. The molecule has 0 radical (unpaired) electrons. The van der Waals surface area contributed by atoms with E-state index in [0.29, 0.717) is 26.8 Å². The van der Waals surface area contributed by atoms with E-state index < -0.39 is 5.97 Å². The molecular weight excluding hydrogens is 276 g/mol. The minimum absolute atomic E-state index is 0.0967. The highest BCUT2D eigenvalue weighted by molar-refractivity contribution is 7.16. The minimum atomic E-state index is -0.503. The van der Waals surface area contributed by atoms with Gasteiger partial charge < -0.3 is 9.47 Å². The number of Topliss-reactive ketones (excluding diaryl/α,β-unsaturated/α-hetero) is 1. The van der Waals surface area contributed by atoms with Gasteiger partial charge in [-0.2, -0.15) is 0 Å². The second-order valence-corrected chi connectivity index (χ2v) is 5.20. The molecule has 0 aliphatic rings. The highest BCUT2D eigenvalue weighted by Gasteiger charge is 2.24. The molecule has 2 rings (SSSR count). The predicted molar refractivity (Wildman–Crippen MR) is 76.9 cm³/mol. The molecule has 0 aliphatic carbocycles. The number of carbonyl (C=O) groups is 2. The fraction of sp³-hybridized carbons (Fsp3) is 0.200. The number of benzene rings is 1. The van der Waals surface area contributed by atoms with Crippen LogP contribution in [-0.2, 0) is 4.74 Å². The van der Waals surface area contributed by atoms with Crippen molar-refractivity contribution in [2.24, 2.45) is 0 Å². The number of ketones is 1. The average Bonchev–Trinajstić information content (AvgIpc) is 2.77. The lowest BCUT2D eigenvalue weighted by Crippen LogP contribution is -2.00. The first kappa shape index (κ1) is 14.3. The summed E-state index contributed by atoms with van der Waals surface area (Å²) in [5, 5.41) is 0. The summed E-state index contributed by atoms with van der Waals surface area (Å²) in [7, 11) is 1.30. The molecule has 4 nitrogen and oxygen atoms in total. The molecule has 2 aromatic rings. The summed E-state index contributed by atoms with van der Waals surface area (Å²) in [6.45, 7) is 3.23. The highest BCUT2D eigenvalue weighted by atomic mass is 32.1. The average molecular weight is 290 g/mol. The van der Waals surface area contributed by atoms with Crippen LogP contribution in [0.3, 0.4) is 0 Å². The molecular formula is C15H14O4S. The van der Waals surface area contributed by atoms with Crippen LogP contribution in [0.4, 0.5) is 0 Å². The first-order valence-electron chi connectivity index (χ1n) is 6.00. The van der Waals surface area contributed by atoms with Crippen molar-refractivity contribution < 1.29 is 19.1 Å². The standard InChI is InChI=1S/C15H14O4S/c1-9-12(19-11-7-5-4-6-8-11)14(15(17)18-3)20-13(9)10(2)16/h4-8H,1-3H3. The molecule has 0 saturated carbocycles. The van der Waals surface area contributed by atoms with Crippen LogP contribution in [0, 0.1) is 6.92 Å². The molecule has 1 aromatic heterocycles. The summed E-state index contributed by atoms with van der Waals surface area (Å²) in [6.07, 6.45) is 0. The lowest BCUT2D eigenvalue weighted by atomic mass is 10.2. The minimum Gasteiger partial charge on any atom is -0.465 e. The Hall–Kier alpha value is -2.14.